The van der Waals surface area contributed by atoms with Crippen molar-refractivity contribution in [1.29, 1.82) is 0 Å². The molecule has 2 N–H and O–H groups in total. The average Bonchev–Trinajstić information content (AvgIpc) is 2.44. The van der Waals surface area contributed by atoms with Crippen molar-refractivity contribution in [3.8, 4) is 0 Å². The van der Waals surface area contributed by atoms with Crippen molar-refractivity contribution in [1.82, 2.24) is 5.32 Å². The maximum absolute atomic E-state index is 11.6. The lowest BCUT2D eigenvalue weighted by atomic mass is 9.99. The number of benzene rings is 1. The molecular formula is C14H21NO3. The SMILES string of the molecule is CCC(C)(CO)NCc1ccccc1C(=O)OC. The van der Waals surface area contributed by atoms with Crippen molar-refractivity contribution < 1.29 is 14.6 Å². The normalized spacial score (nSPS) is 14.0. The third-order valence-electron chi connectivity index (χ3n) is 3.26. The number of nitrogens with one attached hydrogen (secondary N) is 1. The zero-order valence-corrected chi connectivity index (χ0v) is 11.2. The fraction of sp³-hybridized carbons (Fsp3) is 0.500. The van der Waals surface area contributed by atoms with Crippen LogP contribution in [-0.2, 0) is 11.3 Å². The summed E-state index contributed by atoms with van der Waals surface area (Å²) in [6, 6.07) is 7.31. The number of hydrogen-bond acceptors (Lipinski definition) is 4. The largest absolute Gasteiger partial charge is 0.465 e. The van der Waals surface area contributed by atoms with Gasteiger partial charge in [-0.2, -0.15) is 0 Å². The fourth-order valence-corrected chi connectivity index (χ4v) is 1.58. The molecule has 1 unspecified atom stereocenters. The Morgan fingerprint density at radius 2 is 2.11 bits per heavy atom. The molecule has 100 valence electrons. The molecule has 0 saturated heterocycles. The number of carbonyl (C=O) groups is 1. The summed E-state index contributed by atoms with van der Waals surface area (Å²) in [5.41, 5.74) is 1.10. The number of aliphatic hydroxyl groups is 1. The number of esters is 1. The van der Waals surface area contributed by atoms with Gasteiger partial charge in [0, 0.05) is 12.1 Å². The lowest BCUT2D eigenvalue weighted by Gasteiger charge is -2.27. The van der Waals surface area contributed by atoms with Gasteiger partial charge in [0.1, 0.15) is 0 Å². The monoisotopic (exact) mass is 251 g/mol. The standard InChI is InChI=1S/C14H21NO3/c1-4-14(2,10-16)15-9-11-7-5-6-8-12(11)13(17)18-3/h5-8,15-16H,4,9-10H2,1-3H3. The molecule has 0 heterocycles. The summed E-state index contributed by atoms with van der Waals surface area (Å²) in [6.07, 6.45) is 0.809. The van der Waals surface area contributed by atoms with E-state index in [2.05, 4.69) is 5.32 Å². The highest BCUT2D eigenvalue weighted by molar-refractivity contribution is 5.90. The van der Waals surface area contributed by atoms with Gasteiger partial charge in [0.25, 0.3) is 0 Å². The summed E-state index contributed by atoms with van der Waals surface area (Å²) >= 11 is 0. The third kappa shape index (κ3) is 3.55. The van der Waals surface area contributed by atoms with E-state index in [-0.39, 0.29) is 18.1 Å². The number of aliphatic hydroxyl groups excluding tert-OH is 1. The molecule has 0 aliphatic heterocycles. The zero-order chi connectivity index (χ0) is 13.6. The maximum atomic E-state index is 11.6. The van der Waals surface area contributed by atoms with Crippen LogP contribution in [0.2, 0.25) is 0 Å². The number of methoxy groups -OCH3 is 1. The van der Waals surface area contributed by atoms with E-state index in [4.69, 9.17) is 4.74 Å². The van der Waals surface area contributed by atoms with Crippen molar-refractivity contribution >= 4 is 5.97 Å². The predicted octanol–water partition coefficient (Wildman–Crippen LogP) is 1.72. The van der Waals surface area contributed by atoms with Crippen LogP contribution < -0.4 is 5.32 Å². The van der Waals surface area contributed by atoms with Crippen LogP contribution in [0.5, 0.6) is 0 Å². The summed E-state index contributed by atoms with van der Waals surface area (Å²) in [5, 5.41) is 12.6. The Hall–Kier alpha value is -1.39. The lowest BCUT2D eigenvalue weighted by Crippen LogP contribution is -2.44. The van der Waals surface area contributed by atoms with Crippen molar-refractivity contribution in [2.75, 3.05) is 13.7 Å². The number of ether oxygens (including phenoxy) is 1. The Morgan fingerprint density at radius 1 is 1.44 bits per heavy atom. The van der Waals surface area contributed by atoms with Gasteiger partial charge >= 0.3 is 5.97 Å². The average molecular weight is 251 g/mol. The maximum Gasteiger partial charge on any atom is 0.338 e. The molecule has 0 radical (unpaired) electrons. The van der Waals surface area contributed by atoms with E-state index in [0.717, 1.165) is 12.0 Å². The highest BCUT2D eigenvalue weighted by Crippen LogP contribution is 2.13. The zero-order valence-electron chi connectivity index (χ0n) is 11.2. The van der Waals surface area contributed by atoms with Gasteiger partial charge in [0.05, 0.1) is 19.3 Å². The Bertz CT molecular complexity index is 400. The first kappa shape index (κ1) is 14.7. The molecule has 0 aliphatic rings. The Balaban J connectivity index is 2.82. The van der Waals surface area contributed by atoms with Crippen LogP contribution in [0.3, 0.4) is 0 Å². The molecule has 0 bridgehead atoms. The van der Waals surface area contributed by atoms with Crippen molar-refractivity contribution in [2.45, 2.75) is 32.4 Å². The molecule has 4 nitrogen and oxygen atoms in total. The van der Waals surface area contributed by atoms with Crippen LogP contribution in [0, 0.1) is 0 Å². The summed E-state index contributed by atoms with van der Waals surface area (Å²) in [6.45, 7) is 4.54. The van der Waals surface area contributed by atoms with Gasteiger partial charge in [0.2, 0.25) is 0 Å². The van der Waals surface area contributed by atoms with E-state index in [1.165, 1.54) is 7.11 Å². The van der Waals surface area contributed by atoms with Crippen molar-refractivity contribution in [3.63, 3.8) is 0 Å². The van der Waals surface area contributed by atoms with Gasteiger partial charge in [-0.25, -0.2) is 4.79 Å². The van der Waals surface area contributed by atoms with Gasteiger partial charge in [0.15, 0.2) is 0 Å². The molecule has 1 aromatic rings. The van der Waals surface area contributed by atoms with Gasteiger partial charge < -0.3 is 15.2 Å². The summed E-state index contributed by atoms with van der Waals surface area (Å²) < 4.78 is 4.75. The van der Waals surface area contributed by atoms with Crippen LogP contribution in [0.1, 0.15) is 36.2 Å². The van der Waals surface area contributed by atoms with Crippen LogP contribution in [0.25, 0.3) is 0 Å². The van der Waals surface area contributed by atoms with E-state index < -0.39 is 0 Å². The quantitative estimate of drug-likeness (QED) is 0.756. The predicted molar refractivity (Wildman–Crippen MR) is 70.4 cm³/mol. The minimum Gasteiger partial charge on any atom is -0.465 e. The van der Waals surface area contributed by atoms with E-state index in [1.54, 1.807) is 12.1 Å². The molecule has 0 spiro atoms. The highest BCUT2D eigenvalue weighted by atomic mass is 16.5. The molecule has 0 amide bonds. The summed E-state index contributed by atoms with van der Waals surface area (Å²) in [4.78, 5) is 11.6. The molecule has 0 saturated carbocycles. The molecule has 4 heteroatoms. The Morgan fingerprint density at radius 3 is 2.67 bits per heavy atom. The smallest absolute Gasteiger partial charge is 0.338 e. The Labute approximate surface area is 108 Å². The van der Waals surface area contributed by atoms with Crippen LogP contribution in [0.15, 0.2) is 24.3 Å². The Kier molecular flexibility index (Phi) is 5.31. The second-order valence-electron chi connectivity index (χ2n) is 4.57. The lowest BCUT2D eigenvalue weighted by molar-refractivity contribution is 0.0599. The molecular weight excluding hydrogens is 230 g/mol. The number of carbonyl (C=O) groups excluding carboxylic acids is 1. The van der Waals surface area contributed by atoms with E-state index in [0.29, 0.717) is 12.1 Å². The first-order chi connectivity index (χ1) is 8.56. The van der Waals surface area contributed by atoms with Crippen molar-refractivity contribution in [2.24, 2.45) is 0 Å². The van der Waals surface area contributed by atoms with Gasteiger partial charge in [-0.05, 0) is 25.0 Å². The molecule has 18 heavy (non-hydrogen) atoms. The fourth-order valence-electron chi connectivity index (χ4n) is 1.58. The molecule has 0 fully saturated rings. The van der Waals surface area contributed by atoms with Gasteiger partial charge in [-0.15, -0.1) is 0 Å². The van der Waals surface area contributed by atoms with Crippen molar-refractivity contribution in [3.05, 3.63) is 35.4 Å². The van der Waals surface area contributed by atoms with Crippen LogP contribution in [-0.4, -0.2) is 30.3 Å². The van der Waals surface area contributed by atoms with Gasteiger partial charge in [-0.3, -0.25) is 0 Å². The van der Waals surface area contributed by atoms with Crippen LogP contribution in [0.4, 0.5) is 0 Å². The van der Waals surface area contributed by atoms with Crippen LogP contribution >= 0.6 is 0 Å². The van der Waals surface area contributed by atoms with E-state index in [9.17, 15) is 9.90 Å². The van der Waals surface area contributed by atoms with E-state index in [1.807, 2.05) is 26.0 Å². The summed E-state index contributed by atoms with van der Waals surface area (Å²) in [7, 11) is 1.37. The van der Waals surface area contributed by atoms with E-state index >= 15 is 0 Å². The summed E-state index contributed by atoms with van der Waals surface area (Å²) in [5.74, 6) is -0.338. The second kappa shape index (κ2) is 6.52. The second-order valence-corrected chi connectivity index (χ2v) is 4.57. The number of rotatable bonds is 6. The highest BCUT2D eigenvalue weighted by Gasteiger charge is 2.21. The minimum atomic E-state index is -0.338. The third-order valence-corrected chi connectivity index (χ3v) is 3.26. The first-order valence-electron chi connectivity index (χ1n) is 6.08. The minimum absolute atomic E-state index is 0.0594. The molecule has 1 atom stereocenters. The molecule has 1 rings (SSSR count). The topological polar surface area (TPSA) is 58.6 Å². The molecule has 0 aromatic heterocycles. The first-order valence-corrected chi connectivity index (χ1v) is 6.08. The molecule has 1 aromatic carbocycles. The van der Waals surface area contributed by atoms with Gasteiger partial charge in [-0.1, -0.05) is 25.1 Å². The molecule has 0 aliphatic carbocycles. The number of hydrogen-bond donors (Lipinski definition) is 2.